The number of hydrogen-bond acceptors (Lipinski definition) is 3. The van der Waals surface area contributed by atoms with Crippen molar-refractivity contribution in [2.45, 2.75) is 13.3 Å². The number of likely N-dealkylation sites (tertiary alicyclic amines) is 1. The summed E-state index contributed by atoms with van der Waals surface area (Å²) in [5.74, 6) is 0.350. The van der Waals surface area contributed by atoms with Crippen LogP contribution in [0, 0.1) is 5.92 Å². The molecule has 0 aromatic heterocycles. The molecule has 2 fully saturated rings. The molecule has 1 atom stereocenters. The van der Waals surface area contributed by atoms with E-state index in [9.17, 15) is 9.59 Å². The average molecular weight is 239 g/mol. The van der Waals surface area contributed by atoms with E-state index in [2.05, 4.69) is 11.9 Å². The van der Waals surface area contributed by atoms with Gasteiger partial charge < -0.3 is 14.7 Å². The first-order chi connectivity index (χ1) is 8.08. The molecule has 0 spiro atoms. The van der Waals surface area contributed by atoms with Gasteiger partial charge in [0.2, 0.25) is 11.8 Å². The first kappa shape index (κ1) is 12.4. The Labute approximate surface area is 102 Å². The van der Waals surface area contributed by atoms with E-state index >= 15 is 0 Å². The quantitative estimate of drug-likeness (QED) is 0.627. The highest BCUT2D eigenvalue weighted by Crippen LogP contribution is 2.19. The third-order valence-electron chi connectivity index (χ3n) is 3.80. The Morgan fingerprint density at radius 1 is 1.00 bits per heavy atom. The molecule has 2 aliphatic heterocycles. The van der Waals surface area contributed by atoms with Crippen molar-refractivity contribution in [2.75, 3.05) is 46.3 Å². The molecular formula is C12H21N3O2. The van der Waals surface area contributed by atoms with E-state index in [1.165, 1.54) is 0 Å². The second-order valence-electron chi connectivity index (χ2n) is 5.08. The Bertz CT molecular complexity index is 311. The second-order valence-corrected chi connectivity index (χ2v) is 5.08. The van der Waals surface area contributed by atoms with Crippen LogP contribution in [0.2, 0.25) is 0 Å². The molecule has 5 nitrogen and oxygen atoms in total. The van der Waals surface area contributed by atoms with Crippen LogP contribution in [-0.4, -0.2) is 72.8 Å². The predicted molar refractivity (Wildman–Crippen MR) is 64.4 cm³/mol. The monoisotopic (exact) mass is 239 g/mol. The normalized spacial score (nSPS) is 26.4. The summed E-state index contributed by atoms with van der Waals surface area (Å²) in [6.45, 7) is 6.48. The lowest BCUT2D eigenvalue weighted by Crippen LogP contribution is -2.49. The minimum Gasteiger partial charge on any atom is -0.342 e. The zero-order valence-corrected chi connectivity index (χ0v) is 10.7. The minimum atomic E-state index is 0.0299. The van der Waals surface area contributed by atoms with Crippen molar-refractivity contribution in [3.8, 4) is 0 Å². The van der Waals surface area contributed by atoms with Crippen LogP contribution in [0.5, 0.6) is 0 Å². The number of piperazine rings is 1. The zero-order chi connectivity index (χ0) is 12.4. The van der Waals surface area contributed by atoms with Gasteiger partial charge in [0.25, 0.3) is 0 Å². The Morgan fingerprint density at radius 3 is 2.18 bits per heavy atom. The van der Waals surface area contributed by atoms with E-state index in [1.54, 1.807) is 11.8 Å². The summed E-state index contributed by atoms with van der Waals surface area (Å²) >= 11 is 0. The van der Waals surface area contributed by atoms with E-state index < -0.39 is 0 Å². The molecule has 0 radical (unpaired) electrons. The summed E-state index contributed by atoms with van der Waals surface area (Å²) in [5.41, 5.74) is 0. The van der Waals surface area contributed by atoms with Crippen LogP contribution in [0.25, 0.3) is 0 Å². The van der Waals surface area contributed by atoms with Crippen LogP contribution in [0.4, 0.5) is 0 Å². The number of rotatable bonds is 1. The van der Waals surface area contributed by atoms with Gasteiger partial charge in [-0.15, -0.1) is 0 Å². The van der Waals surface area contributed by atoms with Gasteiger partial charge in [-0.3, -0.25) is 9.59 Å². The Morgan fingerprint density at radius 2 is 1.65 bits per heavy atom. The number of amides is 2. The Balaban J connectivity index is 1.86. The molecule has 0 aromatic carbocycles. The number of carbonyl (C=O) groups is 2. The molecular weight excluding hydrogens is 218 g/mol. The third kappa shape index (κ3) is 2.77. The molecule has 96 valence electrons. The molecule has 0 aliphatic carbocycles. The molecule has 1 unspecified atom stereocenters. The van der Waals surface area contributed by atoms with Crippen molar-refractivity contribution < 1.29 is 9.59 Å². The fourth-order valence-electron chi connectivity index (χ4n) is 2.53. The van der Waals surface area contributed by atoms with Crippen LogP contribution in [-0.2, 0) is 9.59 Å². The lowest BCUT2D eigenvalue weighted by molar-refractivity contribution is -0.137. The maximum atomic E-state index is 12.2. The summed E-state index contributed by atoms with van der Waals surface area (Å²) < 4.78 is 0. The molecule has 2 heterocycles. The van der Waals surface area contributed by atoms with Crippen LogP contribution in [0.3, 0.4) is 0 Å². The van der Waals surface area contributed by atoms with E-state index in [0.29, 0.717) is 6.54 Å². The molecule has 0 saturated carbocycles. The van der Waals surface area contributed by atoms with Crippen molar-refractivity contribution in [2.24, 2.45) is 5.92 Å². The second kappa shape index (κ2) is 5.04. The van der Waals surface area contributed by atoms with Gasteiger partial charge in [0.15, 0.2) is 0 Å². The van der Waals surface area contributed by atoms with E-state index in [0.717, 1.165) is 39.1 Å². The van der Waals surface area contributed by atoms with Crippen molar-refractivity contribution in [3.63, 3.8) is 0 Å². The molecule has 2 amide bonds. The fourth-order valence-corrected chi connectivity index (χ4v) is 2.53. The maximum absolute atomic E-state index is 12.2. The third-order valence-corrected chi connectivity index (χ3v) is 3.80. The Kier molecular flexibility index (Phi) is 3.66. The van der Waals surface area contributed by atoms with Crippen molar-refractivity contribution >= 4 is 11.8 Å². The maximum Gasteiger partial charge on any atom is 0.227 e. The van der Waals surface area contributed by atoms with Crippen LogP contribution in [0.1, 0.15) is 13.3 Å². The first-order valence-corrected chi connectivity index (χ1v) is 6.31. The lowest BCUT2D eigenvalue weighted by Gasteiger charge is -2.33. The van der Waals surface area contributed by atoms with Crippen molar-refractivity contribution in [1.29, 1.82) is 0 Å². The predicted octanol–water partition coefficient (Wildman–Crippen LogP) is -0.371. The molecule has 0 aromatic rings. The van der Waals surface area contributed by atoms with Gasteiger partial charge in [-0.25, -0.2) is 0 Å². The van der Waals surface area contributed by atoms with Crippen LogP contribution < -0.4 is 0 Å². The van der Waals surface area contributed by atoms with Gasteiger partial charge in [-0.2, -0.15) is 0 Å². The van der Waals surface area contributed by atoms with Gasteiger partial charge in [0.1, 0.15) is 0 Å². The highest BCUT2D eigenvalue weighted by atomic mass is 16.2. The fraction of sp³-hybridized carbons (Fsp3) is 0.833. The van der Waals surface area contributed by atoms with E-state index in [1.807, 2.05) is 4.90 Å². The molecule has 2 rings (SSSR count). The average Bonchev–Trinajstić information content (AvgIpc) is 2.78. The summed E-state index contributed by atoms with van der Waals surface area (Å²) in [5, 5.41) is 0. The molecule has 2 saturated heterocycles. The number of carbonyl (C=O) groups excluding carboxylic acids is 2. The standard InChI is InChI=1S/C12H21N3O2/c1-10(16)15-4-3-11(9-15)12(17)14-7-5-13(2)6-8-14/h11H,3-9H2,1-2H3. The van der Waals surface area contributed by atoms with Crippen LogP contribution >= 0.6 is 0 Å². The van der Waals surface area contributed by atoms with Gasteiger partial charge in [-0.05, 0) is 13.5 Å². The number of nitrogens with zero attached hydrogens (tertiary/aromatic N) is 3. The van der Waals surface area contributed by atoms with Crippen molar-refractivity contribution in [1.82, 2.24) is 14.7 Å². The molecule has 17 heavy (non-hydrogen) atoms. The summed E-state index contributed by atoms with van der Waals surface area (Å²) in [6.07, 6.45) is 0.824. The van der Waals surface area contributed by atoms with Gasteiger partial charge in [-0.1, -0.05) is 0 Å². The minimum absolute atomic E-state index is 0.0299. The molecule has 5 heteroatoms. The molecule has 0 bridgehead atoms. The van der Waals surface area contributed by atoms with Gasteiger partial charge >= 0.3 is 0 Å². The Hall–Kier alpha value is -1.10. The van der Waals surface area contributed by atoms with Crippen molar-refractivity contribution in [3.05, 3.63) is 0 Å². The highest BCUT2D eigenvalue weighted by Gasteiger charge is 2.33. The van der Waals surface area contributed by atoms with E-state index in [-0.39, 0.29) is 17.7 Å². The largest absolute Gasteiger partial charge is 0.342 e. The van der Waals surface area contributed by atoms with Gasteiger partial charge in [0, 0.05) is 46.2 Å². The summed E-state index contributed by atoms with van der Waals surface area (Å²) in [7, 11) is 2.08. The summed E-state index contributed by atoms with van der Waals surface area (Å²) in [4.78, 5) is 29.4. The van der Waals surface area contributed by atoms with Crippen LogP contribution in [0.15, 0.2) is 0 Å². The lowest BCUT2D eigenvalue weighted by atomic mass is 10.1. The SMILES string of the molecule is CC(=O)N1CCC(C(=O)N2CCN(C)CC2)C1. The molecule has 2 aliphatic rings. The first-order valence-electron chi connectivity index (χ1n) is 6.31. The smallest absolute Gasteiger partial charge is 0.227 e. The zero-order valence-electron chi connectivity index (χ0n) is 10.7. The summed E-state index contributed by atoms with van der Waals surface area (Å²) in [6, 6.07) is 0. The van der Waals surface area contributed by atoms with Gasteiger partial charge in [0.05, 0.1) is 5.92 Å². The number of hydrogen-bond donors (Lipinski definition) is 0. The number of likely N-dealkylation sites (N-methyl/N-ethyl adjacent to an activating group) is 1. The topological polar surface area (TPSA) is 43.9 Å². The van der Waals surface area contributed by atoms with E-state index in [4.69, 9.17) is 0 Å². The molecule has 0 N–H and O–H groups in total. The highest BCUT2D eigenvalue weighted by molar-refractivity contribution is 5.81.